The maximum absolute atomic E-state index is 8.61. The minimum atomic E-state index is 0.182. The first-order valence-corrected chi connectivity index (χ1v) is 6.45. The van der Waals surface area contributed by atoms with Gasteiger partial charge in [-0.05, 0) is 36.7 Å². The van der Waals surface area contributed by atoms with E-state index in [1.54, 1.807) is 12.1 Å². The molecular formula is C12H17Cl2N3O. The summed E-state index contributed by atoms with van der Waals surface area (Å²) in [6.45, 7) is 3.91. The molecule has 0 unspecified atom stereocenters. The summed E-state index contributed by atoms with van der Waals surface area (Å²) in [5.74, 6) is 0.182. The van der Waals surface area contributed by atoms with Crippen molar-refractivity contribution in [3.05, 3.63) is 33.8 Å². The molecular weight excluding hydrogens is 273 g/mol. The van der Waals surface area contributed by atoms with E-state index >= 15 is 0 Å². The number of nitrogens with zero attached hydrogens (tertiary/aromatic N) is 2. The molecule has 0 heterocycles. The van der Waals surface area contributed by atoms with Crippen molar-refractivity contribution < 1.29 is 5.21 Å². The molecule has 0 spiro atoms. The molecule has 0 saturated heterocycles. The maximum Gasteiger partial charge on any atom is 0.153 e. The number of hydrogen-bond donors (Lipinski definition) is 2. The minimum Gasteiger partial charge on any atom is -0.409 e. The van der Waals surface area contributed by atoms with Gasteiger partial charge in [-0.2, -0.15) is 0 Å². The number of halogens is 2. The first-order chi connectivity index (χ1) is 8.56. The van der Waals surface area contributed by atoms with Crippen LogP contribution in [0.5, 0.6) is 0 Å². The van der Waals surface area contributed by atoms with Gasteiger partial charge in [0.25, 0.3) is 0 Å². The van der Waals surface area contributed by atoms with E-state index in [-0.39, 0.29) is 5.84 Å². The van der Waals surface area contributed by atoms with Crippen LogP contribution in [-0.4, -0.2) is 29.0 Å². The first kappa shape index (κ1) is 15.1. The Morgan fingerprint density at radius 1 is 1.44 bits per heavy atom. The van der Waals surface area contributed by atoms with Crippen LogP contribution in [0.1, 0.15) is 18.9 Å². The second kappa shape index (κ2) is 7.46. The molecule has 0 saturated carbocycles. The summed E-state index contributed by atoms with van der Waals surface area (Å²) in [7, 11) is 0. The van der Waals surface area contributed by atoms with Gasteiger partial charge in [-0.3, -0.25) is 4.90 Å². The van der Waals surface area contributed by atoms with Gasteiger partial charge in [-0.25, -0.2) is 0 Å². The Balaban J connectivity index is 2.79. The Morgan fingerprint density at radius 3 is 2.78 bits per heavy atom. The molecule has 0 aliphatic rings. The van der Waals surface area contributed by atoms with Gasteiger partial charge in [0, 0.05) is 16.6 Å². The molecule has 0 amide bonds. The number of rotatable bonds is 6. The fraction of sp³-hybridized carbons (Fsp3) is 0.417. The highest BCUT2D eigenvalue weighted by Gasteiger charge is 2.10. The van der Waals surface area contributed by atoms with Crippen molar-refractivity contribution in [2.24, 2.45) is 10.9 Å². The van der Waals surface area contributed by atoms with Crippen molar-refractivity contribution in [3.63, 3.8) is 0 Å². The SMILES string of the molecule is CCCN(CC(N)=NO)Cc1cc(Cl)ccc1Cl. The van der Waals surface area contributed by atoms with Crippen LogP contribution in [0.2, 0.25) is 10.0 Å². The van der Waals surface area contributed by atoms with Crippen LogP contribution in [0.25, 0.3) is 0 Å². The number of benzene rings is 1. The van der Waals surface area contributed by atoms with Crippen molar-refractivity contribution in [1.29, 1.82) is 0 Å². The third kappa shape index (κ3) is 4.72. The summed E-state index contributed by atoms with van der Waals surface area (Å²) < 4.78 is 0. The standard InChI is InChI=1S/C12H17Cl2N3O/c1-2-5-17(8-12(15)16-18)7-9-6-10(13)3-4-11(9)14/h3-4,6,18H,2,5,7-8H2,1H3,(H2,15,16). The Hall–Kier alpha value is -0.970. The molecule has 0 aliphatic heterocycles. The van der Waals surface area contributed by atoms with E-state index in [1.165, 1.54) is 0 Å². The van der Waals surface area contributed by atoms with Gasteiger partial charge >= 0.3 is 0 Å². The zero-order chi connectivity index (χ0) is 13.5. The van der Waals surface area contributed by atoms with E-state index in [2.05, 4.69) is 12.1 Å². The molecule has 1 rings (SSSR count). The van der Waals surface area contributed by atoms with Crippen LogP contribution >= 0.6 is 23.2 Å². The predicted molar refractivity (Wildman–Crippen MR) is 75.4 cm³/mol. The lowest BCUT2D eigenvalue weighted by Crippen LogP contribution is -2.34. The molecule has 3 N–H and O–H groups in total. The van der Waals surface area contributed by atoms with E-state index in [1.807, 2.05) is 11.0 Å². The summed E-state index contributed by atoms with van der Waals surface area (Å²) in [5.41, 5.74) is 6.46. The highest BCUT2D eigenvalue weighted by atomic mass is 35.5. The van der Waals surface area contributed by atoms with Crippen molar-refractivity contribution in [1.82, 2.24) is 4.90 Å². The monoisotopic (exact) mass is 289 g/mol. The highest BCUT2D eigenvalue weighted by molar-refractivity contribution is 6.33. The molecule has 0 aromatic heterocycles. The van der Waals surface area contributed by atoms with Gasteiger partial charge in [0.2, 0.25) is 0 Å². The second-order valence-electron chi connectivity index (χ2n) is 4.04. The molecule has 18 heavy (non-hydrogen) atoms. The lowest BCUT2D eigenvalue weighted by molar-refractivity contribution is 0.286. The normalized spacial score (nSPS) is 12.1. The van der Waals surface area contributed by atoms with Crippen LogP contribution in [-0.2, 0) is 6.54 Å². The largest absolute Gasteiger partial charge is 0.409 e. The van der Waals surface area contributed by atoms with E-state index in [9.17, 15) is 0 Å². The van der Waals surface area contributed by atoms with Crippen LogP contribution in [0.3, 0.4) is 0 Å². The summed E-state index contributed by atoms with van der Waals surface area (Å²) in [4.78, 5) is 2.05. The molecule has 100 valence electrons. The molecule has 0 radical (unpaired) electrons. The van der Waals surface area contributed by atoms with E-state index in [4.69, 9.17) is 34.1 Å². The van der Waals surface area contributed by atoms with Crippen molar-refractivity contribution in [2.75, 3.05) is 13.1 Å². The topological polar surface area (TPSA) is 61.8 Å². The number of nitrogens with two attached hydrogens (primary N) is 1. The fourth-order valence-electron chi connectivity index (χ4n) is 1.70. The summed E-state index contributed by atoms with van der Waals surface area (Å²) >= 11 is 12.1. The van der Waals surface area contributed by atoms with E-state index in [0.717, 1.165) is 18.5 Å². The Bertz CT molecular complexity index is 424. The Kier molecular flexibility index (Phi) is 6.25. The van der Waals surface area contributed by atoms with Crippen LogP contribution in [0, 0.1) is 0 Å². The van der Waals surface area contributed by atoms with Crippen molar-refractivity contribution in [3.8, 4) is 0 Å². The van der Waals surface area contributed by atoms with Gasteiger partial charge in [0.05, 0.1) is 6.54 Å². The Morgan fingerprint density at radius 2 is 2.17 bits per heavy atom. The first-order valence-electron chi connectivity index (χ1n) is 5.69. The molecule has 4 nitrogen and oxygen atoms in total. The lowest BCUT2D eigenvalue weighted by atomic mass is 10.2. The van der Waals surface area contributed by atoms with Gasteiger partial charge in [0.15, 0.2) is 5.84 Å². The zero-order valence-electron chi connectivity index (χ0n) is 10.2. The average Bonchev–Trinajstić information content (AvgIpc) is 2.34. The van der Waals surface area contributed by atoms with Gasteiger partial charge in [0.1, 0.15) is 0 Å². The Labute approximate surface area is 117 Å². The fourth-order valence-corrected chi connectivity index (χ4v) is 2.07. The summed E-state index contributed by atoms with van der Waals surface area (Å²) in [5, 5.41) is 12.9. The summed E-state index contributed by atoms with van der Waals surface area (Å²) in [6, 6.07) is 5.35. The number of amidine groups is 1. The van der Waals surface area contributed by atoms with Gasteiger partial charge < -0.3 is 10.9 Å². The van der Waals surface area contributed by atoms with Crippen molar-refractivity contribution in [2.45, 2.75) is 19.9 Å². The molecule has 6 heteroatoms. The van der Waals surface area contributed by atoms with E-state index < -0.39 is 0 Å². The van der Waals surface area contributed by atoms with Gasteiger partial charge in [-0.1, -0.05) is 35.3 Å². The maximum atomic E-state index is 8.61. The second-order valence-corrected chi connectivity index (χ2v) is 4.88. The number of oxime groups is 1. The minimum absolute atomic E-state index is 0.182. The average molecular weight is 290 g/mol. The van der Waals surface area contributed by atoms with Crippen molar-refractivity contribution >= 4 is 29.0 Å². The molecule has 0 aliphatic carbocycles. The van der Waals surface area contributed by atoms with Crippen LogP contribution < -0.4 is 5.73 Å². The van der Waals surface area contributed by atoms with Crippen LogP contribution in [0.15, 0.2) is 23.4 Å². The number of hydrogen-bond acceptors (Lipinski definition) is 3. The molecule has 0 fully saturated rings. The zero-order valence-corrected chi connectivity index (χ0v) is 11.7. The van der Waals surface area contributed by atoms with Crippen LogP contribution in [0.4, 0.5) is 0 Å². The molecule has 1 aromatic carbocycles. The quantitative estimate of drug-likeness (QED) is 0.366. The molecule has 1 aromatic rings. The van der Waals surface area contributed by atoms with Gasteiger partial charge in [-0.15, -0.1) is 0 Å². The predicted octanol–water partition coefficient (Wildman–Crippen LogP) is 2.95. The molecule has 0 atom stereocenters. The molecule has 0 bridgehead atoms. The lowest BCUT2D eigenvalue weighted by Gasteiger charge is -2.21. The highest BCUT2D eigenvalue weighted by Crippen LogP contribution is 2.22. The smallest absolute Gasteiger partial charge is 0.153 e. The third-order valence-corrected chi connectivity index (χ3v) is 3.06. The summed E-state index contributed by atoms with van der Waals surface area (Å²) in [6.07, 6.45) is 0.969. The third-order valence-electron chi connectivity index (χ3n) is 2.46. The van der Waals surface area contributed by atoms with E-state index in [0.29, 0.717) is 23.1 Å².